The molecule has 0 heterocycles. The van der Waals surface area contributed by atoms with Gasteiger partial charge in [0, 0.05) is 11.3 Å². The molecular formula is C16H17ClN4O3S2. The molecule has 138 valence electrons. The van der Waals surface area contributed by atoms with E-state index in [1.807, 2.05) is 32.0 Å². The minimum atomic E-state index is -4.04. The van der Waals surface area contributed by atoms with E-state index in [0.29, 0.717) is 0 Å². The van der Waals surface area contributed by atoms with Gasteiger partial charge in [0.1, 0.15) is 4.90 Å². The molecule has 0 unspecified atom stereocenters. The summed E-state index contributed by atoms with van der Waals surface area (Å²) in [4.78, 5) is 11.8. The Kier molecular flexibility index (Phi) is 6.19. The molecule has 0 spiro atoms. The highest BCUT2D eigenvalue weighted by atomic mass is 35.5. The van der Waals surface area contributed by atoms with Gasteiger partial charge >= 0.3 is 0 Å². The first-order valence-electron chi connectivity index (χ1n) is 7.35. The number of aryl methyl sites for hydroxylation is 2. The van der Waals surface area contributed by atoms with Crippen LogP contribution in [0.15, 0.2) is 41.3 Å². The quantitative estimate of drug-likeness (QED) is 0.454. The average Bonchev–Trinajstić information content (AvgIpc) is 2.55. The summed E-state index contributed by atoms with van der Waals surface area (Å²) in [6.07, 6.45) is 0. The fourth-order valence-electron chi connectivity index (χ4n) is 2.07. The normalized spacial score (nSPS) is 10.9. The van der Waals surface area contributed by atoms with E-state index < -0.39 is 15.9 Å². The number of thiocarbonyl (C=S) groups is 1. The Hall–Kier alpha value is -2.20. The summed E-state index contributed by atoms with van der Waals surface area (Å²) in [6, 6.07) is 9.58. The molecule has 0 radical (unpaired) electrons. The molecule has 2 aromatic rings. The van der Waals surface area contributed by atoms with Gasteiger partial charge in [-0.25, -0.2) is 13.6 Å². The van der Waals surface area contributed by atoms with Gasteiger partial charge in [-0.15, -0.1) is 0 Å². The summed E-state index contributed by atoms with van der Waals surface area (Å²) in [7, 11) is -4.04. The van der Waals surface area contributed by atoms with E-state index in [2.05, 4.69) is 16.2 Å². The third kappa shape index (κ3) is 5.15. The number of carbonyl (C=O) groups is 1. The molecule has 2 aromatic carbocycles. The number of nitrogens with two attached hydrogens (primary N) is 1. The summed E-state index contributed by atoms with van der Waals surface area (Å²) >= 11 is 10.9. The SMILES string of the molecule is Cc1ccc(C)c(NC(=S)NNC(=O)c2ccc(Cl)c(S(N)(=O)=O)c2)c1. The summed E-state index contributed by atoms with van der Waals surface area (Å²) in [5, 5.41) is 8.15. The van der Waals surface area contributed by atoms with Gasteiger partial charge in [0.15, 0.2) is 5.11 Å². The maximum absolute atomic E-state index is 12.2. The lowest BCUT2D eigenvalue weighted by molar-refractivity contribution is 0.0944. The van der Waals surface area contributed by atoms with Crippen LogP contribution in [0.5, 0.6) is 0 Å². The van der Waals surface area contributed by atoms with Crippen molar-refractivity contribution < 1.29 is 13.2 Å². The molecule has 7 nitrogen and oxygen atoms in total. The van der Waals surface area contributed by atoms with E-state index in [-0.39, 0.29) is 20.6 Å². The molecule has 0 aromatic heterocycles. The molecule has 0 saturated carbocycles. The van der Waals surface area contributed by atoms with E-state index in [9.17, 15) is 13.2 Å². The number of sulfonamides is 1. The lowest BCUT2D eigenvalue weighted by Gasteiger charge is -2.14. The first kappa shape index (κ1) is 20.1. The van der Waals surface area contributed by atoms with Crippen LogP contribution in [0.1, 0.15) is 21.5 Å². The standard InChI is InChI=1S/C16H17ClN4O3S2/c1-9-3-4-10(2)13(7-9)19-16(25)21-20-15(22)11-5-6-12(17)14(8-11)26(18,23)24/h3-8H,1-2H3,(H,20,22)(H2,18,23,24)(H2,19,21,25). The second kappa shape index (κ2) is 8.00. The molecule has 0 atom stereocenters. The van der Waals surface area contributed by atoms with Crippen molar-refractivity contribution >= 4 is 50.5 Å². The van der Waals surface area contributed by atoms with Gasteiger partial charge in [0.05, 0.1) is 5.02 Å². The molecule has 0 aliphatic rings. The number of halogens is 1. The zero-order valence-corrected chi connectivity index (χ0v) is 16.3. The first-order valence-corrected chi connectivity index (χ1v) is 9.68. The van der Waals surface area contributed by atoms with Crippen LogP contribution in [0, 0.1) is 13.8 Å². The summed E-state index contributed by atoms with van der Waals surface area (Å²) in [6.45, 7) is 3.87. The Morgan fingerprint density at radius 3 is 2.46 bits per heavy atom. The number of hydrogen-bond acceptors (Lipinski definition) is 4. The number of amides is 1. The van der Waals surface area contributed by atoms with Crippen LogP contribution in [0.4, 0.5) is 5.69 Å². The van der Waals surface area contributed by atoms with Crippen LogP contribution in [0.3, 0.4) is 0 Å². The molecule has 5 N–H and O–H groups in total. The van der Waals surface area contributed by atoms with E-state index in [1.54, 1.807) is 0 Å². The molecule has 0 fully saturated rings. The Morgan fingerprint density at radius 2 is 1.81 bits per heavy atom. The number of hydrazine groups is 1. The fourth-order valence-corrected chi connectivity index (χ4v) is 3.30. The number of nitrogens with one attached hydrogen (secondary N) is 3. The van der Waals surface area contributed by atoms with Crippen molar-refractivity contribution in [1.29, 1.82) is 0 Å². The third-order valence-corrected chi connectivity index (χ3v) is 5.03. The van der Waals surface area contributed by atoms with Crippen molar-refractivity contribution in [3.8, 4) is 0 Å². The van der Waals surface area contributed by atoms with Crippen molar-refractivity contribution in [2.24, 2.45) is 5.14 Å². The number of carbonyl (C=O) groups excluding carboxylic acids is 1. The highest BCUT2D eigenvalue weighted by Crippen LogP contribution is 2.21. The molecule has 0 aliphatic carbocycles. The Balaban J connectivity index is 2.04. The summed E-state index contributed by atoms with van der Waals surface area (Å²) in [5.41, 5.74) is 7.84. The van der Waals surface area contributed by atoms with Crippen molar-refractivity contribution in [2.75, 3.05) is 5.32 Å². The molecule has 0 aliphatic heterocycles. The van der Waals surface area contributed by atoms with Crippen LogP contribution >= 0.6 is 23.8 Å². The van der Waals surface area contributed by atoms with Gasteiger partial charge < -0.3 is 5.32 Å². The van der Waals surface area contributed by atoms with Crippen LogP contribution in [0.25, 0.3) is 0 Å². The number of primary sulfonamides is 1. The van der Waals surface area contributed by atoms with Gasteiger partial charge in [0.2, 0.25) is 10.0 Å². The summed E-state index contributed by atoms with van der Waals surface area (Å²) < 4.78 is 22.9. The number of benzene rings is 2. The zero-order chi connectivity index (χ0) is 19.5. The Labute approximate surface area is 161 Å². The van der Waals surface area contributed by atoms with Gasteiger partial charge in [-0.2, -0.15) is 0 Å². The topological polar surface area (TPSA) is 113 Å². The van der Waals surface area contributed by atoms with Gasteiger partial charge in [0.25, 0.3) is 5.91 Å². The van der Waals surface area contributed by atoms with Gasteiger partial charge in [-0.05, 0) is 61.5 Å². The minimum absolute atomic E-state index is 0.0560. The highest BCUT2D eigenvalue weighted by Gasteiger charge is 2.16. The first-order chi connectivity index (χ1) is 12.1. The second-order valence-electron chi connectivity index (χ2n) is 5.54. The molecule has 0 bridgehead atoms. The van der Waals surface area contributed by atoms with Gasteiger partial charge in [-0.3, -0.25) is 15.6 Å². The predicted molar refractivity (Wildman–Crippen MR) is 106 cm³/mol. The molecule has 10 heteroatoms. The van der Waals surface area contributed by atoms with Crippen LogP contribution in [-0.2, 0) is 10.0 Å². The van der Waals surface area contributed by atoms with Crippen LogP contribution in [-0.4, -0.2) is 19.4 Å². The second-order valence-corrected chi connectivity index (χ2v) is 7.89. The van der Waals surface area contributed by atoms with Crippen molar-refractivity contribution in [2.45, 2.75) is 18.7 Å². The number of rotatable bonds is 3. The van der Waals surface area contributed by atoms with Crippen LogP contribution < -0.4 is 21.3 Å². The maximum Gasteiger partial charge on any atom is 0.269 e. The van der Waals surface area contributed by atoms with Crippen molar-refractivity contribution in [1.82, 2.24) is 10.9 Å². The Bertz CT molecular complexity index is 977. The largest absolute Gasteiger partial charge is 0.331 e. The lowest BCUT2D eigenvalue weighted by Crippen LogP contribution is -2.43. The van der Waals surface area contributed by atoms with Gasteiger partial charge in [-0.1, -0.05) is 23.7 Å². The molecule has 2 rings (SSSR count). The number of hydrogen-bond donors (Lipinski definition) is 4. The molecular weight excluding hydrogens is 396 g/mol. The van der Waals surface area contributed by atoms with E-state index in [1.165, 1.54) is 12.1 Å². The predicted octanol–water partition coefficient (Wildman–Crippen LogP) is 2.24. The Morgan fingerprint density at radius 1 is 1.12 bits per heavy atom. The summed E-state index contributed by atoms with van der Waals surface area (Å²) in [5.74, 6) is -0.600. The molecule has 0 saturated heterocycles. The van der Waals surface area contributed by atoms with E-state index >= 15 is 0 Å². The highest BCUT2D eigenvalue weighted by molar-refractivity contribution is 7.89. The monoisotopic (exact) mass is 412 g/mol. The van der Waals surface area contributed by atoms with E-state index in [0.717, 1.165) is 22.9 Å². The van der Waals surface area contributed by atoms with Crippen LogP contribution in [0.2, 0.25) is 5.02 Å². The molecule has 1 amide bonds. The fraction of sp³-hybridized carbons (Fsp3) is 0.125. The van der Waals surface area contributed by atoms with E-state index in [4.69, 9.17) is 29.0 Å². The van der Waals surface area contributed by atoms with Crippen molar-refractivity contribution in [3.63, 3.8) is 0 Å². The third-order valence-electron chi connectivity index (χ3n) is 3.43. The smallest absolute Gasteiger partial charge is 0.269 e. The van der Waals surface area contributed by atoms with Crippen molar-refractivity contribution in [3.05, 3.63) is 58.1 Å². The lowest BCUT2D eigenvalue weighted by atomic mass is 10.1. The maximum atomic E-state index is 12.2. The zero-order valence-electron chi connectivity index (χ0n) is 14.0. The average molecular weight is 413 g/mol. The molecule has 26 heavy (non-hydrogen) atoms. The number of anilines is 1. The minimum Gasteiger partial charge on any atom is -0.331 e.